The van der Waals surface area contributed by atoms with Crippen LogP contribution in [-0.4, -0.2) is 78.8 Å². The zero-order valence-corrected chi connectivity index (χ0v) is 19.6. The summed E-state index contributed by atoms with van der Waals surface area (Å²) in [5.74, 6) is -0.0160. The van der Waals surface area contributed by atoms with Gasteiger partial charge in [-0.25, -0.2) is 4.79 Å². The molecule has 1 fully saturated rings. The molecule has 0 radical (unpaired) electrons. The summed E-state index contributed by atoms with van der Waals surface area (Å²) in [5.41, 5.74) is 3.68. The van der Waals surface area contributed by atoms with Gasteiger partial charge in [-0.3, -0.25) is 14.3 Å². The second kappa shape index (κ2) is 9.43. The Morgan fingerprint density at radius 3 is 2.91 bits per heavy atom. The molecule has 0 aliphatic carbocycles. The Labute approximate surface area is 201 Å². The van der Waals surface area contributed by atoms with Crippen molar-refractivity contribution >= 4 is 17.0 Å². The molecule has 11 nitrogen and oxygen atoms in total. The molecule has 1 aliphatic heterocycles. The minimum atomic E-state index is -0.435. The number of aliphatic hydroxyl groups excluding tert-OH is 1. The molecule has 3 heterocycles. The Balaban J connectivity index is 1.41. The van der Waals surface area contributed by atoms with E-state index >= 15 is 0 Å². The summed E-state index contributed by atoms with van der Waals surface area (Å²) in [7, 11) is 3.44. The lowest BCUT2D eigenvalue weighted by Crippen LogP contribution is -2.39. The van der Waals surface area contributed by atoms with Crippen molar-refractivity contribution in [2.75, 3.05) is 26.7 Å². The van der Waals surface area contributed by atoms with Gasteiger partial charge in [-0.15, -0.1) is 10.2 Å². The van der Waals surface area contributed by atoms with Crippen molar-refractivity contribution in [2.45, 2.75) is 25.0 Å². The van der Waals surface area contributed by atoms with Crippen molar-refractivity contribution in [3.8, 4) is 11.4 Å². The SMILES string of the molecule is CN(C(=O)Cc1ccc2oc(=O)n(C)c2c1)[C@H](CN1CC[C@H](O)C1)c1cccc(-c2nn[nH]n2)c1. The Morgan fingerprint density at radius 1 is 1.31 bits per heavy atom. The molecular formula is C24H27N7O4. The summed E-state index contributed by atoms with van der Waals surface area (Å²) in [6, 6.07) is 12.9. The first kappa shape index (κ1) is 22.9. The number of hydrogen-bond donors (Lipinski definition) is 2. The minimum Gasteiger partial charge on any atom is -0.408 e. The standard InChI is InChI=1S/C24H27N7O4/c1-29(22(33)11-15-6-7-21-19(10-15)30(2)24(34)35-21)20(14-31-9-8-18(32)13-31)16-4-3-5-17(12-16)23-25-27-28-26-23/h3-7,10,12,18,20,32H,8-9,11,13-14H2,1-2H3,(H,25,26,27,28)/t18-,20+/m0/s1. The number of aromatic nitrogens is 5. The number of likely N-dealkylation sites (tertiary alicyclic amines) is 1. The molecule has 1 amide bonds. The van der Waals surface area contributed by atoms with Crippen molar-refractivity contribution in [3.05, 3.63) is 64.1 Å². The highest BCUT2D eigenvalue weighted by Gasteiger charge is 2.28. The van der Waals surface area contributed by atoms with Crippen LogP contribution in [-0.2, 0) is 18.3 Å². The molecule has 0 unspecified atom stereocenters. The number of carbonyl (C=O) groups excluding carboxylic acids is 1. The van der Waals surface area contributed by atoms with Gasteiger partial charge in [-0.1, -0.05) is 24.3 Å². The molecule has 182 valence electrons. The molecule has 11 heteroatoms. The molecule has 2 aromatic heterocycles. The van der Waals surface area contributed by atoms with Crippen LogP contribution in [0.15, 0.2) is 51.7 Å². The van der Waals surface area contributed by atoms with Gasteiger partial charge in [-0.05, 0) is 41.0 Å². The smallest absolute Gasteiger partial charge is 0.408 e. The van der Waals surface area contributed by atoms with E-state index < -0.39 is 5.76 Å². The molecule has 35 heavy (non-hydrogen) atoms. The third-order valence-corrected chi connectivity index (χ3v) is 6.63. The maximum Gasteiger partial charge on any atom is 0.419 e. The van der Waals surface area contributed by atoms with E-state index in [1.54, 1.807) is 31.1 Å². The molecule has 2 atom stereocenters. The largest absolute Gasteiger partial charge is 0.419 e. The Morgan fingerprint density at radius 2 is 2.17 bits per heavy atom. The fourth-order valence-corrected chi connectivity index (χ4v) is 4.60. The fraction of sp³-hybridized carbons (Fsp3) is 0.375. The number of nitrogens with zero attached hydrogens (tertiary/aromatic N) is 6. The van der Waals surface area contributed by atoms with Crippen molar-refractivity contribution in [1.82, 2.24) is 35.0 Å². The molecule has 4 aromatic rings. The number of rotatable bonds is 7. The molecule has 0 saturated carbocycles. The number of aliphatic hydroxyl groups is 1. The molecule has 0 bridgehead atoms. The average molecular weight is 478 g/mol. The van der Waals surface area contributed by atoms with E-state index in [0.29, 0.717) is 30.0 Å². The summed E-state index contributed by atoms with van der Waals surface area (Å²) < 4.78 is 6.62. The van der Waals surface area contributed by atoms with E-state index in [0.717, 1.165) is 29.7 Å². The maximum absolute atomic E-state index is 13.4. The van der Waals surface area contributed by atoms with Gasteiger partial charge < -0.3 is 14.4 Å². The number of β-amino-alcohol motifs (C(OH)–C–C–N with tert-alkyl or cyclic N) is 1. The van der Waals surface area contributed by atoms with E-state index in [1.165, 1.54) is 4.57 Å². The number of nitrogens with one attached hydrogen (secondary N) is 1. The topological polar surface area (TPSA) is 133 Å². The van der Waals surface area contributed by atoms with Crippen LogP contribution in [0.1, 0.15) is 23.6 Å². The number of benzene rings is 2. The zero-order valence-electron chi connectivity index (χ0n) is 19.6. The first-order valence-corrected chi connectivity index (χ1v) is 11.5. The predicted molar refractivity (Wildman–Crippen MR) is 127 cm³/mol. The average Bonchev–Trinajstić information content (AvgIpc) is 3.59. The molecule has 1 aliphatic rings. The van der Waals surface area contributed by atoms with Gasteiger partial charge in [0.05, 0.1) is 24.1 Å². The van der Waals surface area contributed by atoms with E-state index in [4.69, 9.17) is 4.42 Å². The van der Waals surface area contributed by atoms with Gasteiger partial charge in [0, 0.05) is 39.3 Å². The molecule has 5 rings (SSSR count). The Bertz CT molecular complexity index is 1390. The zero-order chi connectivity index (χ0) is 24.5. The maximum atomic E-state index is 13.4. The van der Waals surface area contributed by atoms with Crippen LogP contribution in [0.4, 0.5) is 0 Å². The summed E-state index contributed by atoms with van der Waals surface area (Å²) in [6.45, 7) is 1.94. The third kappa shape index (κ3) is 4.73. The van der Waals surface area contributed by atoms with Gasteiger partial charge in [0.2, 0.25) is 11.7 Å². The lowest BCUT2D eigenvalue weighted by Gasteiger charge is -2.32. The Hall–Kier alpha value is -3.83. The molecule has 1 saturated heterocycles. The first-order chi connectivity index (χ1) is 16.9. The van der Waals surface area contributed by atoms with Crippen LogP contribution in [0.3, 0.4) is 0 Å². The van der Waals surface area contributed by atoms with Crippen LogP contribution >= 0.6 is 0 Å². The number of likely N-dealkylation sites (N-methyl/N-ethyl adjacent to an activating group) is 1. The second-order valence-corrected chi connectivity index (χ2v) is 8.99. The van der Waals surface area contributed by atoms with Gasteiger partial charge >= 0.3 is 5.76 Å². The van der Waals surface area contributed by atoms with Crippen molar-refractivity contribution in [2.24, 2.45) is 7.05 Å². The number of tetrazole rings is 1. The Kier molecular flexibility index (Phi) is 6.18. The van der Waals surface area contributed by atoms with Gasteiger partial charge in [0.1, 0.15) is 0 Å². The van der Waals surface area contributed by atoms with E-state index in [1.807, 2.05) is 30.3 Å². The highest BCUT2D eigenvalue weighted by atomic mass is 16.4. The van der Waals surface area contributed by atoms with Crippen molar-refractivity contribution in [3.63, 3.8) is 0 Å². The van der Waals surface area contributed by atoms with Crippen LogP contribution in [0.5, 0.6) is 0 Å². The summed E-state index contributed by atoms with van der Waals surface area (Å²) >= 11 is 0. The van der Waals surface area contributed by atoms with Crippen LogP contribution < -0.4 is 5.76 Å². The molecule has 0 spiro atoms. The third-order valence-electron chi connectivity index (χ3n) is 6.63. The number of aryl methyl sites for hydroxylation is 1. The monoisotopic (exact) mass is 477 g/mol. The molecular weight excluding hydrogens is 450 g/mol. The second-order valence-electron chi connectivity index (χ2n) is 8.99. The fourth-order valence-electron chi connectivity index (χ4n) is 4.60. The summed E-state index contributed by atoms with van der Waals surface area (Å²) in [4.78, 5) is 29.2. The number of oxazole rings is 1. The number of hydrogen-bond acceptors (Lipinski definition) is 8. The van der Waals surface area contributed by atoms with Crippen LogP contribution in [0.2, 0.25) is 0 Å². The minimum absolute atomic E-state index is 0.0624. The summed E-state index contributed by atoms with van der Waals surface area (Å²) in [5, 5.41) is 24.3. The molecule has 2 N–H and O–H groups in total. The van der Waals surface area contributed by atoms with E-state index in [9.17, 15) is 14.7 Å². The lowest BCUT2D eigenvalue weighted by atomic mass is 10.0. The van der Waals surface area contributed by atoms with Gasteiger partial charge in [0.15, 0.2) is 5.58 Å². The van der Waals surface area contributed by atoms with Gasteiger partial charge in [-0.2, -0.15) is 5.21 Å². The highest BCUT2D eigenvalue weighted by Crippen LogP contribution is 2.27. The number of aromatic amines is 1. The van der Waals surface area contributed by atoms with Gasteiger partial charge in [0.25, 0.3) is 0 Å². The van der Waals surface area contributed by atoms with E-state index in [-0.39, 0.29) is 24.5 Å². The number of fused-ring (bicyclic) bond motifs is 1. The van der Waals surface area contributed by atoms with Crippen molar-refractivity contribution < 1.29 is 14.3 Å². The molecule has 2 aromatic carbocycles. The lowest BCUT2D eigenvalue weighted by molar-refractivity contribution is -0.131. The van der Waals surface area contributed by atoms with Crippen LogP contribution in [0, 0.1) is 0 Å². The summed E-state index contributed by atoms with van der Waals surface area (Å²) in [6.07, 6.45) is 0.544. The number of carbonyl (C=O) groups is 1. The highest BCUT2D eigenvalue weighted by molar-refractivity contribution is 5.81. The quantitative estimate of drug-likeness (QED) is 0.405. The van der Waals surface area contributed by atoms with E-state index in [2.05, 4.69) is 25.5 Å². The number of amides is 1. The number of H-pyrrole nitrogens is 1. The van der Waals surface area contributed by atoms with Crippen LogP contribution in [0.25, 0.3) is 22.5 Å². The predicted octanol–water partition coefficient (Wildman–Crippen LogP) is 1.12. The van der Waals surface area contributed by atoms with Crippen molar-refractivity contribution in [1.29, 1.82) is 0 Å². The first-order valence-electron chi connectivity index (χ1n) is 11.5. The normalized spacial score (nSPS) is 17.2.